The standard InChI is InChI=1S/C13H25N3S/c1-11(2)12(5-6-14)4-3-7-15-8-13-9-16-10-17-13/h9-12,15H,3-8,14H2,1-2H3. The molecule has 1 aromatic heterocycles. The molecule has 3 N–H and O–H groups in total. The summed E-state index contributed by atoms with van der Waals surface area (Å²) in [6, 6.07) is 0. The van der Waals surface area contributed by atoms with Crippen molar-refractivity contribution in [1.82, 2.24) is 10.3 Å². The minimum absolute atomic E-state index is 0.750. The first-order valence-corrected chi connectivity index (χ1v) is 7.40. The number of hydrogen-bond acceptors (Lipinski definition) is 4. The van der Waals surface area contributed by atoms with Crippen LogP contribution in [0.5, 0.6) is 0 Å². The molecule has 17 heavy (non-hydrogen) atoms. The molecule has 0 aliphatic rings. The van der Waals surface area contributed by atoms with Gasteiger partial charge in [-0.3, -0.25) is 4.98 Å². The van der Waals surface area contributed by atoms with Crippen LogP contribution in [0.15, 0.2) is 11.7 Å². The van der Waals surface area contributed by atoms with E-state index in [4.69, 9.17) is 5.73 Å². The van der Waals surface area contributed by atoms with Crippen molar-refractivity contribution in [2.24, 2.45) is 17.6 Å². The van der Waals surface area contributed by atoms with Crippen molar-refractivity contribution >= 4 is 11.3 Å². The Morgan fingerprint density at radius 1 is 1.41 bits per heavy atom. The molecule has 1 atom stereocenters. The van der Waals surface area contributed by atoms with Crippen molar-refractivity contribution in [2.75, 3.05) is 13.1 Å². The second kappa shape index (κ2) is 8.61. The summed E-state index contributed by atoms with van der Waals surface area (Å²) < 4.78 is 0. The van der Waals surface area contributed by atoms with Gasteiger partial charge < -0.3 is 11.1 Å². The summed E-state index contributed by atoms with van der Waals surface area (Å²) in [7, 11) is 0. The Labute approximate surface area is 109 Å². The zero-order valence-corrected chi connectivity index (χ0v) is 11.8. The quantitative estimate of drug-likeness (QED) is 0.667. The highest BCUT2D eigenvalue weighted by atomic mass is 32.1. The highest BCUT2D eigenvalue weighted by Gasteiger charge is 2.11. The molecule has 0 aliphatic heterocycles. The van der Waals surface area contributed by atoms with Crippen LogP contribution in [-0.2, 0) is 6.54 Å². The van der Waals surface area contributed by atoms with E-state index in [1.807, 2.05) is 11.7 Å². The van der Waals surface area contributed by atoms with Crippen LogP contribution >= 0.6 is 11.3 Å². The summed E-state index contributed by atoms with van der Waals surface area (Å²) >= 11 is 1.71. The van der Waals surface area contributed by atoms with Gasteiger partial charge in [0.15, 0.2) is 0 Å². The van der Waals surface area contributed by atoms with E-state index < -0.39 is 0 Å². The van der Waals surface area contributed by atoms with Crippen LogP contribution in [0.25, 0.3) is 0 Å². The van der Waals surface area contributed by atoms with Gasteiger partial charge in [-0.1, -0.05) is 13.8 Å². The van der Waals surface area contributed by atoms with Crippen LogP contribution in [0.4, 0.5) is 0 Å². The molecule has 0 spiro atoms. The van der Waals surface area contributed by atoms with Gasteiger partial charge in [-0.15, -0.1) is 11.3 Å². The third kappa shape index (κ3) is 6.15. The van der Waals surface area contributed by atoms with Crippen LogP contribution in [0.1, 0.15) is 38.0 Å². The first kappa shape index (κ1) is 14.6. The molecule has 3 nitrogen and oxygen atoms in total. The monoisotopic (exact) mass is 255 g/mol. The average molecular weight is 255 g/mol. The zero-order chi connectivity index (χ0) is 12.5. The molecule has 0 fully saturated rings. The van der Waals surface area contributed by atoms with E-state index in [0.717, 1.165) is 37.9 Å². The highest BCUT2D eigenvalue weighted by Crippen LogP contribution is 2.19. The largest absolute Gasteiger partial charge is 0.330 e. The molecule has 4 heteroatoms. The summed E-state index contributed by atoms with van der Waals surface area (Å²) in [4.78, 5) is 5.37. The fourth-order valence-corrected chi connectivity index (χ4v) is 2.62. The highest BCUT2D eigenvalue weighted by molar-refractivity contribution is 7.09. The van der Waals surface area contributed by atoms with Gasteiger partial charge >= 0.3 is 0 Å². The fraction of sp³-hybridized carbons (Fsp3) is 0.769. The third-order valence-corrected chi connectivity index (χ3v) is 3.97. The van der Waals surface area contributed by atoms with Crippen molar-refractivity contribution in [3.05, 3.63) is 16.6 Å². The van der Waals surface area contributed by atoms with E-state index in [9.17, 15) is 0 Å². The molecule has 0 bridgehead atoms. The van der Waals surface area contributed by atoms with E-state index >= 15 is 0 Å². The molecule has 98 valence electrons. The lowest BCUT2D eigenvalue weighted by Gasteiger charge is -2.19. The summed E-state index contributed by atoms with van der Waals surface area (Å²) in [6.45, 7) is 7.45. The number of nitrogens with one attached hydrogen (secondary N) is 1. The number of rotatable bonds is 9. The Morgan fingerprint density at radius 2 is 2.24 bits per heavy atom. The fourth-order valence-electron chi connectivity index (χ4n) is 2.06. The maximum Gasteiger partial charge on any atom is 0.0794 e. The first-order chi connectivity index (χ1) is 8.24. The molecule has 1 heterocycles. The van der Waals surface area contributed by atoms with Crippen LogP contribution < -0.4 is 11.1 Å². The van der Waals surface area contributed by atoms with Crippen LogP contribution in [0, 0.1) is 11.8 Å². The number of nitrogens with zero attached hydrogens (tertiary/aromatic N) is 1. The van der Waals surface area contributed by atoms with Crippen LogP contribution in [0.3, 0.4) is 0 Å². The lowest BCUT2D eigenvalue weighted by atomic mass is 9.88. The van der Waals surface area contributed by atoms with Gasteiger partial charge in [0.1, 0.15) is 0 Å². The van der Waals surface area contributed by atoms with Gasteiger partial charge in [-0.2, -0.15) is 0 Å². The predicted molar refractivity (Wildman–Crippen MR) is 75.1 cm³/mol. The van der Waals surface area contributed by atoms with Crippen molar-refractivity contribution in [1.29, 1.82) is 0 Å². The molecule has 0 saturated carbocycles. The van der Waals surface area contributed by atoms with E-state index in [0.29, 0.717) is 0 Å². The number of aromatic nitrogens is 1. The van der Waals surface area contributed by atoms with Gasteiger partial charge in [0, 0.05) is 17.6 Å². The maximum atomic E-state index is 5.64. The average Bonchev–Trinajstić information content (AvgIpc) is 2.80. The molecule has 0 aromatic carbocycles. The molecule has 1 rings (SSSR count). The van der Waals surface area contributed by atoms with Crippen molar-refractivity contribution in [3.8, 4) is 0 Å². The van der Waals surface area contributed by atoms with Crippen LogP contribution in [-0.4, -0.2) is 18.1 Å². The Morgan fingerprint density at radius 3 is 2.82 bits per heavy atom. The van der Waals surface area contributed by atoms with Crippen molar-refractivity contribution in [2.45, 2.75) is 39.7 Å². The molecule has 0 aliphatic carbocycles. The van der Waals surface area contributed by atoms with Gasteiger partial charge in [0.25, 0.3) is 0 Å². The van der Waals surface area contributed by atoms with Crippen LogP contribution in [0.2, 0.25) is 0 Å². The van der Waals surface area contributed by atoms with E-state index in [1.165, 1.54) is 17.7 Å². The normalized spacial score (nSPS) is 13.2. The van der Waals surface area contributed by atoms with Gasteiger partial charge in [-0.05, 0) is 44.2 Å². The van der Waals surface area contributed by atoms with Gasteiger partial charge in [-0.25, -0.2) is 0 Å². The van der Waals surface area contributed by atoms with Crippen molar-refractivity contribution in [3.63, 3.8) is 0 Å². The van der Waals surface area contributed by atoms with Crippen molar-refractivity contribution < 1.29 is 0 Å². The minimum Gasteiger partial charge on any atom is -0.330 e. The Hall–Kier alpha value is -0.450. The predicted octanol–water partition coefficient (Wildman–Crippen LogP) is 2.63. The second-order valence-corrected chi connectivity index (χ2v) is 5.84. The summed E-state index contributed by atoms with van der Waals surface area (Å²) in [5, 5.41) is 3.46. The summed E-state index contributed by atoms with van der Waals surface area (Å²) in [5.74, 6) is 1.53. The summed E-state index contributed by atoms with van der Waals surface area (Å²) in [5.41, 5.74) is 7.52. The summed E-state index contributed by atoms with van der Waals surface area (Å²) in [6.07, 6.45) is 5.61. The molecular formula is C13H25N3S. The molecule has 0 radical (unpaired) electrons. The maximum absolute atomic E-state index is 5.64. The second-order valence-electron chi connectivity index (χ2n) is 4.87. The molecular weight excluding hydrogens is 230 g/mol. The third-order valence-electron chi connectivity index (χ3n) is 3.19. The smallest absolute Gasteiger partial charge is 0.0794 e. The lowest BCUT2D eigenvalue weighted by molar-refractivity contribution is 0.331. The van der Waals surface area contributed by atoms with Gasteiger partial charge in [0.05, 0.1) is 5.51 Å². The molecule has 0 amide bonds. The topological polar surface area (TPSA) is 50.9 Å². The SMILES string of the molecule is CC(C)C(CCN)CCCNCc1cncs1. The number of thiazole rings is 1. The number of nitrogens with two attached hydrogens (primary N) is 1. The first-order valence-electron chi connectivity index (χ1n) is 6.52. The molecule has 0 saturated heterocycles. The molecule has 1 unspecified atom stereocenters. The van der Waals surface area contributed by atoms with E-state index in [1.54, 1.807) is 11.3 Å². The lowest BCUT2D eigenvalue weighted by Crippen LogP contribution is -2.18. The van der Waals surface area contributed by atoms with E-state index in [-0.39, 0.29) is 0 Å². The number of hydrogen-bond donors (Lipinski definition) is 2. The Balaban J connectivity index is 2.06. The van der Waals surface area contributed by atoms with Gasteiger partial charge in [0.2, 0.25) is 0 Å². The zero-order valence-electron chi connectivity index (χ0n) is 11.0. The molecule has 1 aromatic rings. The Bertz CT molecular complexity index is 272. The van der Waals surface area contributed by atoms with E-state index in [2.05, 4.69) is 24.1 Å². The Kier molecular flexibility index (Phi) is 7.40. The minimum atomic E-state index is 0.750.